The summed E-state index contributed by atoms with van der Waals surface area (Å²) in [5, 5.41) is 6.42. The number of nitrogen functional groups attached to an aromatic ring is 1. The van der Waals surface area contributed by atoms with E-state index >= 15 is 0 Å². The molecule has 11 heteroatoms. The topological polar surface area (TPSA) is 106 Å². The van der Waals surface area contributed by atoms with Crippen molar-refractivity contribution >= 4 is 17.6 Å². The van der Waals surface area contributed by atoms with E-state index in [1.807, 2.05) is 24.0 Å². The summed E-state index contributed by atoms with van der Waals surface area (Å²) in [4.78, 5) is 31.4. The van der Waals surface area contributed by atoms with Crippen LogP contribution in [-0.4, -0.2) is 38.0 Å². The Morgan fingerprint density at radius 3 is 2.42 bits per heavy atom. The number of hydrogen-bond acceptors (Lipinski definition) is 5. The fraction of sp³-hybridized carbons (Fsp3) is 0.407. The molecule has 1 fully saturated rings. The number of fused-ring (bicyclic) bond motifs is 1. The first-order chi connectivity index (χ1) is 18.0. The number of pyridine rings is 1. The molecule has 3 heterocycles. The maximum atomic E-state index is 13.8. The third-order valence-electron chi connectivity index (χ3n) is 7.46. The maximum absolute atomic E-state index is 13.8. The highest BCUT2D eigenvalue weighted by atomic mass is 19.4. The van der Waals surface area contributed by atoms with Crippen molar-refractivity contribution in [1.29, 1.82) is 0 Å². The molecule has 8 nitrogen and oxygen atoms in total. The van der Waals surface area contributed by atoms with Gasteiger partial charge in [0.05, 0.1) is 18.2 Å². The molecule has 3 N–H and O–H groups in total. The first-order valence-electron chi connectivity index (χ1n) is 12.6. The second-order valence-electron chi connectivity index (χ2n) is 10.2. The van der Waals surface area contributed by atoms with E-state index in [1.54, 1.807) is 24.3 Å². The van der Waals surface area contributed by atoms with E-state index in [4.69, 9.17) is 5.73 Å². The number of hydrogen-bond donors (Lipinski definition) is 2. The summed E-state index contributed by atoms with van der Waals surface area (Å²) in [5.74, 6) is -0.0487. The number of amides is 2. The zero-order chi connectivity index (χ0) is 27.2. The van der Waals surface area contributed by atoms with Gasteiger partial charge in [0.1, 0.15) is 5.82 Å². The minimum Gasteiger partial charge on any atom is -0.384 e. The van der Waals surface area contributed by atoms with Gasteiger partial charge in [-0.05, 0) is 41.5 Å². The van der Waals surface area contributed by atoms with E-state index in [2.05, 4.69) is 22.3 Å². The van der Waals surface area contributed by atoms with Crippen molar-refractivity contribution in [3.8, 4) is 0 Å². The Morgan fingerprint density at radius 1 is 1.11 bits per heavy atom. The number of aryl methyl sites for hydroxylation is 1. The smallest absolute Gasteiger partial charge is 0.384 e. The number of aromatic nitrogens is 3. The molecule has 0 unspecified atom stereocenters. The van der Waals surface area contributed by atoms with Gasteiger partial charge in [0, 0.05) is 30.9 Å². The van der Waals surface area contributed by atoms with E-state index in [9.17, 15) is 22.8 Å². The van der Waals surface area contributed by atoms with Crippen LogP contribution in [-0.2, 0) is 30.5 Å². The van der Waals surface area contributed by atoms with Crippen LogP contribution in [0.25, 0.3) is 0 Å². The second kappa shape index (κ2) is 9.77. The predicted molar refractivity (Wildman–Crippen MR) is 134 cm³/mol. The zero-order valence-corrected chi connectivity index (χ0v) is 21.1. The van der Waals surface area contributed by atoms with Crippen molar-refractivity contribution < 1.29 is 22.8 Å². The highest BCUT2D eigenvalue weighted by Crippen LogP contribution is 2.34. The summed E-state index contributed by atoms with van der Waals surface area (Å²) < 4.78 is 42.5. The maximum Gasteiger partial charge on any atom is 0.435 e. The minimum atomic E-state index is -4.79. The summed E-state index contributed by atoms with van der Waals surface area (Å²) >= 11 is 0. The quantitative estimate of drug-likeness (QED) is 0.506. The molecule has 1 saturated heterocycles. The third-order valence-corrected chi connectivity index (χ3v) is 7.46. The third kappa shape index (κ3) is 5.09. The molecule has 0 bridgehead atoms. The standard InChI is InChI=1S/C27H29F3N6O2/c1-15-11-35(26(38)16(15)2)12-17-3-5-18(6-4-17)13-36-14-20(24(34-36)27(28,29)30)25(37)33-22-9-8-21-19(22)7-10-23(31)32-21/h3-7,10,14-16,22H,8-9,11-13H2,1-2H3,(H2,31,32)(H,33,37)/t15-,16-,22-/m1/s1. The van der Waals surface area contributed by atoms with Crippen LogP contribution in [0.2, 0.25) is 0 Å². The molecule has 2 aliphatic rings. The molecule has 38 heavy (non-hydrogen) atoms. The Bertz CT molecular complexity index is 1370. The van der Waals surface area contributed by atoms with Crippen molar-refractivity contribution in [2.24, 2.45) is 11.8 Å². The summed E-state index contributed by atoms with van der Waals surface area (Å²) in [6, 6.07) is 10.2. The first kappa shape index (κ1) is 25.7. The summed E-state index contributed by atoms with van der Waals surface area (Å²) in [5.41, 5.74) is 7.12. The largest absolute Gasteiger partial charge is 0.435 e. The number of nitrogens with zero attached hydrogens (tertiary/aromatic N) is 4. The van der Waals surface area contributed by atoms with Gasteiger partial charge in [-0.2, -0.15) is 18.3 Å². The first-order valence-corrected chi connectivity index (χ1v) is 12.6. The highest BCUT2D eigenvalue weighted by molar-refractivity contribution is 5.95. The fourth-order valence-corrected chi connectivity index (χ4v) is 5.17. The summed E-state index contributed by atoms with van der Waals surface area (Å²) in [6.07, 6.45) is -2.55. The van der Waals surface area contributed by atoms with Gasteiger partial charge >= 0.3 is 6.18 Å². The average Bonchev–Trinajstić information content (AvgIpc) is 3.53. The molecule has 5 rings (SSSR count). The van der Waals surface area contributed by atoms with E-state index in [-0.39, 0.29) is 18.4 Å². The lowest BCUT2D eigenvalue weighted by Gasteiger charge is -2.16. The number of halogens is 3. The summed E-state index contributed by atoms with van der Waals surface area (Å²) in [7, 11) is 0. The normalized spacial score (nSPS) is 21.1. The fourth-order valence-electron chi connectivity index (χ4n) is 5.17. The number of alkyl halides is 3. The average molecular weight is 527 g/mol. The Labute approximate surface area is 218 Å². The molecule has 2 aromatic heterocycles. The lowest BCUT2D eigenvalue weighted by atomic mass is 10.0. The van der Waals surface area contributed by atoms with Crippen LogP contribution in [0, 0.1) is 11.8 Å². The lowest BCUT2D eigenvalue weighted by molar-refractivity contribution is -0.141. The predicted octanol–water partition coefficient (Wildman–Crippen LogP) is 3.96. The minimum absolute atomic E-state index is 0.00203. The molecule has 1 aliphatic heterocycles. The van der Waals surface area contributed by atoms with Gasteiger partial charge in [-0.3, -0.25) is 14.3 Å². The molecule has 1 aromatic carbocycles. The van der Waals surface area contributed by atoms with Crippen molar-refractivity contribution in [3.05, 3.63) is 76.2 Å². The van der Waals surface area contributed by atoms with Gasteiger partial charge in [0.25, 0.3) is 5.91 Å². The Hall–Kier alpha value is -3.89. The van der Waals surface area contributed by atoms with Crippen LogP contribution in [0.3, 0.4) is 0 Å². The number of benzene rings is 1. The summed E-state index contributed by atoms with van der Waals surface area (Å²) in [6.45, 7) is 5.24. The molecule has 3 aromatic rings. The van der Waals surface area contributed by atoms with Crippen LogP contribution in [0.4, 0.5) is 19.0 Å². The molecular weight excluding hydrogens is 497 g/mol. The van der Waals surface area contributed by atoms with Gasteiger partial charge in [0.2, 0.25) is 5.91 Å². The Balaban J connectivity index is 1.30. The van der Waals surface area contributed by atoms with Gasteiger partial charge in [-0.15, -0.1) is 0 Å². The van der Waals surface area contributed by atoms with E-state index in [0.717, 1.165) is 33.3 Å². The number of nitrogens with one attached hydrogen (secondary N) is 1. The van der Waals surface area contributed by atoms with Crippen LogP contribution in [0.1, 0.15) is 64.7 Å². The van der Waals surface area contributed by atoms with Crippen LogP contribution >= 0.6 is 0 Å². The van der Waals surface area contributed by atoms with Gasteiger partial charge in [-0.25, -0.2) is 4.98 Å². The highest BCUT2D eigenvalue weighted by Gasteiger charge is 2.40. The molecule has 0 saturated carbocycles. The van der Waals surface area contributed by atoms with Gasteiger partial charge < -0.3 is 16.0 Å². The van der Waals surface area contributed by atoms with Crippen molar-refractivity contribution in [2.45, 2.75) is 52.0 Å². The van der Waals surface area contributed by atoms with E-state index in [1.165, 1.54) is 0 Å². The SMILES string of the molecule is C[C@@H]1CN(Cc2ccc(Cn3cc(C(=O)N[C@@H]4CCc5nc(N)ccc54)c(C(F)(F)F)n3)cc2)C(=O)[C@@H]1C. The molecule has 0 radical (unpaired) electrons. The molecule has 2 amide bonds. The second-order valence-corrected chi connectivity index (χ2v) is 10.2. The monoisotopic (exact) mass is 526 g/mol. The number of rotatable bonds is 6. The van der Waals surface area contributed by atoms with Crippen LogP contribution < -0.4 is 11.1 Å². The van der Waals surface area contributed by atoms with Crippen LogP contribution in [0.5, 0.6) is 0 Å². The molecule has 0 spiro atoms. The molecule has 3 atom stereocenters. The molecular formula is C27H29F3N6O2. The Morgan fingerprint density at radius 2 is 1.79 bits per heavy atom. The van der Waals surface area contributed by atoms with Crippen molar-refractivity contribution in [2.75, 3.05) is 12.3 Å². The van der Waals surface area contributed by atoms with Crippen molar-refractivity contribution in [1.82, 2.24) is 25.0 Å². The van der Waals surface area contributed by atoms with Crippen molar-refractivity contribution in [3.63, 3.8) is 0 Å². The Kier molecular flexibility index (Phi) is 6.62. The number of likely N-dealkylation sites (tertiary alicyclic amines) is 1. The zero-order valence-electron chi connectivity index (χ0n) is 21.1. The molecule has 200 valence electrons. The number of anilines is 1. The molecule has 1 aliphatic carbocycles. The van der Waals surface area contributed by atoms with Crippen LogP contribution in [0.15, 0.2) is 42.6 Å². The van der Waals surface area contributed by atoms with E-state index < -0.39 is 29.4 Å². The number of nitrogens with two attached hydrogens (primary N) is 1. The van der Waals surface area contributed by atoms with E-state index in [0.29, 0.717) is 37.7 Å². The number of carbonyl (C=O) groups excluding carboxylic acids is 2. The van der Waals surface area contributed by atoms with Gasteiger partial charge in [0.15, 0.2) is 5.69 Å². The number of carbonyl (C=O) groups is 2. The van der Waals surface area contributed by atoms with Gasteiger partial charge in [-0.1, -0.05) is 44.2 Å². The lowest BCUT2D eigenvalue weighted by Crippen LogP contribution is -2.28.